The van der Waals surface area contributed by atoms with Crippen LogP contribution < -0.4 is 16.2 Å². The summed E-state index contributed by atoms with van der Waals surface area (Å²) < 4.78 is 1.73. The lowest BCUT2D eigenvalue weighted by molar-refractivity contribution is 0.0536. The van der Waals surface area contributed by atoms with Crippen LogP contribution in [0.4, 0.5) is 11.6 Å². The molecule has 0 unspecified atom stereocenters. The van der Waals surface area contributed by atoms with E-state index in [2.05, 4.69) is 44.7 Å². The number of aryl methyl sites for hydroxylation is 1. The summed E-state index contributed by atoms with van der Waals surface area (Å²) in [5.74, 6) is -0.280. The van der Waals surface area contributed by atoms with Gasteiger partial charge in [-0.2, -0.15) is 4.98 Å². The Bertz CT molecular complexity index is 1460. The van der Waals surface area contributed by atoms with Gasteiger partial charge in [-0.05, 0) is 67.7 Å². The van der Waals surface area contributed by atoms with Crippen LogP contribution in [0.25, 0.3) is 16.7 Å². The molecule has 1 amide bonds. The molecule has 2 aromatic carbocycles. The van der Waals surface area contributed by atoms with E-state index in [0.29, 0.717) is 11.6 Å². The van der Waals surface area contributed by atoms with Crippen LogP contribution in [-0.2, 0) is 17.7 Å². The van der Waals surface area contributed by atoms with Crippen molar-refractivity contribution in [1.29, 1.82) is 0 Å². The Hall–Kier alpha value is -4.08. The average molecular weight is 499 g/mol. The number of likely N-dealkylation sites (tertiary alicyclic amines) is 1. The van der Waals surface area contributed by atoms with Crippen molar-refractivity contribution in [2.75, 3.05) is 32.1 Å². The summed E-state index contributed by atoms with van der Waals surface area (Å²) in [5, 5.41) is 3.47. The Kier molecular flexibility index (Phi) is 7.25. The summed E-state index contributed by atoms with van der Waals surface area (Å²) in [7, 11) is 1.32. The third-order valence-electron chi connectivity index (χ3n) is 6.68. The van der Waals surface area contributed by atoms with E-state index < -0.39 is 11.3 Å². The van der Waals surface area contributed by atoms with E-state index in [1.807, 2.05) is 36.4 Å². The van der Waals surface area contributed by atoms with Crippen LogP contribution in [0.3, 0.4) is 0 Å². The highest BCUT2D eigenvalue weighted by Crippen LogP contribution is 2.20. The highest BCUT2D eigenvalue weighted by Gasteiger charge is 2.18. The summed E-state index contributed by atoms with van der Waals surface area (Å²) in [4.78, 5) is 41.9. The zero-order chi connectivity index (χ0) is 25.8. The number of amides is 1. The van der Waals surface area contributed by atoms with Crippen LogP contribution in [0.5, 0.6) is 0 Å². The molecular weight excluding hydrogens is 468 g/mol. The molecule has 3 heterocycles. The fraction of sp³-hybridized carbons (Fsp3) is 0.286. The summed E-state index contributed by atoms with van der Waals surface area (Å²) >= 11 is 0. The molecule has 37 heavy (non-hydrogen) atoms. The van der Waals surface area contributed by atoms with E-state index in [-0.39, 0.29) is 10.9 Å². The minimum atomic E-state index is -0.635. The smallest absolute Gasteiger partial charge is 0.280 e. The Labute approximate surface area is 215 Å². The van der Waals surface area contributed by atoms with Crippen molar-refractivity contribution in [3.05, 3.63) is 87.8 Å². The maximum Gasteiger partial charge on any atom is 0.280 e. The standard InChI is InChI=1S/C28H30N6O3/c1-3-19-7-11-22(12-8-19)34-18-24(27(36)32-37-2)25(35)23-17-29-28(31-26(23)34)30-21-9-5-20(6-10-21)13-16-33-14-4-15-33/h5-12,17-18H,3-4,13-16H2,1-2H3,(H,32,36)(H,29,30,31). The van der Waals surface area contributed by atoms with Crippen LogP contribution >= 0.6 is 0 Å². The normalized spacial score (nSPS) is 13.4. The number of carbonyl (C=O) groups excluding carboxylic acids is 1. The number of hydrogen-bond acceptors (Lipinski definition) is 7. The topological polar surface area (TPSA) is 101 Å². The van der Waals surface area contributed by atoms with Crippen molar-refractivity contribution >= 4 is 28.6 Å². The largest absolute Gasteiger partial charge is 0.324 e. The highest BCUT2D eigenvalue weighted by atomic mass is 16.6. The number of fused-ring (bicyclic) bond motifs is 1. The van der Waals surface area contributed by atoms with Gasteiger partial charge in [0.05, 0.1) is 12.5 Å². The van der Waals surface area contributed by atoms with E-state index in [4.69, 9.17) is 4.84 Å². The van der Waals surface area contributed by atoms with Crippen molar-refractivity contribution in [3.63, 3.8) is 0 Å². The van der Waals surface area contributed by atoms with Gasteiger partial charge < -0.3 is 14.8 Å². The SMILES string of the molecule is CCc1ccc(-n2cc(C(=O)NOC)c(=O)c3cnc(Nc4ccc(CCN5CCC5)cc4)nc32)cc1. The molecule has 1 aliphatic rings. The molecule has 2 N–H and O–H groups in total. The molecule has 1 saturated heterocycles. The number of hydroxylamine groups is 1. The summed E-state index contributed by atoms with van der Waals surface area (Å²) in [6.07, 6.45) is 6.17. The van der Waals surface area contributed by atoms with Gasteiger partial charge in [-0.3, -0.25) is 14.4 Å². The number of anilines is 2. The first-order valence-electron chi connectivity index (χ1n) is 12.5. The van der Waals surface area contributed by atoms with E-state index in [1.165, 1.54) is 50.1 Å². The van der Waals surface area contributed by atoms with Gasteiger partial charge in [-0.1, -0.05) is 31.2 Å². The first kappa shape index (κ1) is 24.6. The number of pyridine rings is 1. The number of rotatable bonds is 9. The van der Waals surface area contributed by atoms with E-state index >= 15 is 0 Å². The molecule has 0 radical (unpaired) electrons. The molecular formula is C28H30N6O3. The predicted molar refractivity (Wildman–Crippen MR) is 143 cm³/mol. The summed E-state index contributed by atoms with van der Waals surface area (Å²) in [5.41, 5.74) is 6.17. The quantitative estimate of drug-likeness (QED) is 0.340. The second kappa shape index (κ2) is 10.9. The second-order valence-corrected chi connectivity index (χ2v) is 9.10. The van der Waals surface area contributed by atoms with Crippen LogP contribution in [0.2, 0.25) is 0 Å². The first-order chi connectivity index (χ1) is 18.1. The van der Waals surface area contributed by atoms with Gasteiger partial charge in [-0.15, -0.1) is 0 Å². The minimum absolute atomic E-state index is 0.0629. The molecule has 0 aliphatic carbocycles. The third kappa shape index (κ3) is 5.37. The van der Waals surface area contributed by atoms with Gasteiger partial charge in [0, 0.05) is 30.3 Å². The predicted octanol–water partition coefficient (Wildman–Crippen LogP) is 3.63. The molecule has 0 saturated carbocycles. The maximum absolute atomic E-state index is 13.1. The number of carbonyl (C=O) groups is 1. The minimum Gasteiger partial charge on any atom is -0.324 e. The van der Waals surface area contributed by atoms with Crippen LogP contribution in [-0.4, -0.2) is 52.1 Å². The van der Waals surface area contributed by atoms with Gasteiger partial charge in [0.15, 0.2) is 5.65 Å². The first-order valence-corrected chi connectivity index (χ1v) is 12.5. The van der Waals surface area contributed by atoms with Crippen LogP contribution in [0, 0.1) is 0 Å². The Morgan fingerprint density at radius 1 is 1.05 bits per heavy atom. The zero-order valence-corrected chi connectivity index (χ0v) is 21.0. The molecule has 2 aromatic heterocycles. The van der Waals surface area contributed by atoms with Gasteiger partial charge in [0.25, 0.3) is 5.91 Å². The molecule has 0 atom stereocenters. The average Bonchev–Trinajstić information content (AvgIpc) is 2.89. The second-order valence-electron chi connectivity index (χ2n) is 9.10. The summed E-state index contributed by atoms with van der Waals surface area (Å²) in [6.45, 7) is 5.57. The van der Waals surface area contributed by atoms with Gasteiger partial charge in [0.1, 0.15) is 5.56 Å². The molecule has 0 spiro atoms. The van der Waals surface area contributed by atoms with Crippen molar-refractivity contribution in [3.8, 4) is 5.69 Å². The number of hydrogen-bond donors (Lipinski definition) is 2. The third-order valence-corrected chi connectivity index (χ3v) is 6.68. The van der Waals surface area contributed by atoms with Crippen molar-refractivity contribution in [1.82, 2.24) is 24.9 Å². The highest BCUT2D eigenvalue weighted by molar-refractivity contribution is 5.96. The fourth-order valence-electron chi connectivity index (χ4n) is 4.35. The molecule has 9 nitrogen and oxygen atoms in total. The van der Waals surface area contributed by atoms with E-state index in [0.717, 1.165) is 30.8 Å². The zero-order valence-electron chi connectivity index (χ0n) is 21.0. The number of nitrogens with one attached hydrogen (secondary N) is 2. The van der Waals surface area contributed by atoms with Crippen LogP contribution in [0.15, 0.2) is 65.7 Å². The van der Waals surface area contributed by atoms with Gasteiger partial charge >= 0.3 is 0 Å². The number of benzene rings is 2. The molecule has 4 aromatic rings. The molecule has 190 valence electrons. The van der Waals surface area contributed by atoms with Crippen LogP contribution in [0.1, 0.15) is 34.8 Å². The molecule has 5 rings (SSSR count). The maximum atomic E-state index is 13.1. The Balaban J connectivity index is 1.48. The fourth-order valence-corrected chi connectivity index (χ4v) is 4.35. The Morgan fingerprint density at radius 2 is 1.78 bits per heavy atom. The lowest BCUT2D eigenvalue weighted by Crippen LogP contribution is -2.38. The van der Waals surface area contributed by atoms with Gasteiger partial charge in [0.2, 0.25) is 11.4 Å². The van der Waals surface area contributed by atoms with Gasteiger partial charge in [-0.25, -0.2) is 10.5 Å². The van der Waals surface area contributed by atoms with Crippen molar-refractivity contribution in [2.24, 2.45) is 0 Å². The lowest BCUT2D eigenvalue weighted by Gasteiger charge is -2.30. The number of nitrogens with zero attached hydrogens (tertiary/aromatic N) is 4. The van der Waals surface area contributed by atoms with E-state index in [1.54, 1.807) is 4.57 Å². The molecule has 9 heteroatoms. The molecule has 0 bridgehead atoms. The van der Waals surface area contributed by atoms with Crippen molar-refractivity contribution < 1.29 is 9.63 Å². The molecule has 1 aliphatic heterocycles. The van der Waals surface area contributed by atoms with Crippen molar-refractivity contribution in [2.45, 2.75) is 26.2 Å². The molecule has 1 fully saturated rings. The lowest BCUT2D eigenvalue weighted by atomic mass is 10.1. The number of aromatic nitrogens is 3. The monoisotopic (exact) mass is 498 g/mol. The summed E-state index contributed by atoms with van der Waals surface area (Å²) in [6, 6.07) is 16.1. The Morgan fingerprint density at radius 3 is 2.43 bits per heavy atom. The van der Waals surface area contributed by atoms with E-state index in [9.17, 15) is 9.59 Å².